The van der Waals surface area contributed by atoms with E-state index in [0.29, 0.717) is 30.3 Å². The average Bonchev–Trinajstić information content (AvgIpc) is 3.11. The van der Waals surface area contributed by atoms with Crippen molar-refractivity contribution in [3.05, 3.63) is 72.1 Å². The minimum atomic E-state index is -1.19. The topological polar surface area (TPSA) is 88.3 Å². The van der Waals surface area contributed by atoms with Gasteiger partial charge in [-0.15, -0.1) is 10.2 Å². The zero-order valence-corrected chi connectivity index (χ0v) is 12.9. The quantitative estimate of drug-likeness (QED) is 0.725. The summed E-state index contributed by atoms with van der Waals surface area (Å²) in [6.45, 7) is 0.305. The Morgan fingerprint density at radius 2 is 1.71 bits per heavy atom. The van der Waals surface area contributed by atoms with Gasteiger partial charge in [0.2, 0.25) is 11.8 Å². The number of aromatic nitrogens is 2. The van der Waals surface area contributed by atoms with Crippen molar-refractivity contribution in [2.45, 2.75) is 12.5 Å². The molecule has 1 amide bonds. The van der Waals surface area contributed by atoms with Crippen molar-refractivity contribution in [2.24, 2.45) is 0 Å². The minimum Gasteiger partial charge on any atom is -0.421 e. The van der Waals surface area contributed by atoms with Crippen molar-refractivity contribution < 1.29 is 14.3 Å². The van der Waals surface area contributed by atoms with Crippen molar-refractivity contribution in [3.8, 4) is 11.5 Å². The summed E-state index contributed by atoms with van der Waals surface area (Å²) in [5, 5.41) is 20.6. The molecule has 2 aromatic carbocycles. The van der Waals surface area contributed by atoms with E-state index in [2.05, 4.69) is 15.5 Å². The van der Waals surface area contributed by atoms with Crippen LogP contribution in [-0.4, -0.2) is 27.8 Å². The van der Waals surface area contributed by atoms with Crippen LogP contribution in [0.2, 0.25) is 0 Å². The number of hydrogen-bond acceptors (Lipinski definition) is 5. The Morgan fingerprint density at radius 1 is 1.04 bits per heavy atom. The van der Waals surface area contributed by atoms with Gasteiger partial charge in [-0.3, -0.25) is 4.79 Å². The summed E-state index contributed by atoms with van der Waals surface area (Å²) >= 11 is 0. The van der Waals surface area contributed by atoms with Crippen LogP contribution in [0.15, 0.2) is 65.1 Å². The molecule has 1 heterocycles. The number of aliphatic hydroxyl groups is 1. The molecule has 0 aliphatic carbocycles. The smallest absolute Gasteiger partial charge is 0.253 e. The third kappa shape index (κ3) is 3.85. The number of hydrogen-bond donors (Lipinski definition) is 2. The van der Waals surface area contributed by atoms with Gasteiger partial charge in [0.15, 0.2) is 6.10 Å². The Morgan fingerprint density at radius 3 is 2.42 bits per heavy atom. The highest BCUT2D eigenvalue weighted by Crippen LogP contribution is 2.17. The van der Waals surface area contributed by atoms with Gasteiger partial charge in [-0.2, -0.15) is 0 Å². The molecule has 2 N–H and O–H groups in total. The van der Waals surface area contributed by atoms with E-state index in [4.69, 9.17) is 4.42 Å². The van der Waals surface area contributed by atoms with Crippen molar-refractivity contribution in [1.29, 1.82) is 0 Å². The second kappa shape index (κ2) is 7.52. The molecule has 0 unspecified atom stereocenters. The van der Waals surface area contributed by atoms with Crippen LogP contribution in [-0.2, 0) is 11.2 Å². The largest absolute Gasteiger partial charge is 0.421 e. The zero-order valence-electron chi connectivity index (χ0n) is 12.9. The Labute approximate surface area is 139 Å². The molecule has 0 fully saturated rings. The molecule has 6 nitrogen and oxygen atoms in total. The number of benzene rings is 2. The van der Waals surface area contributed by atoms with Crippen LogP contribution in [0.1, 0.15) is 17.6 Å². The number of rotatable bonds is 6. The van der Waals surface area contributed by atoms with E-state index < -0.39 is 12.0 Å². The minimum absolute atomic E-state index is 0.305. The highest BCUT2D eigenvalue weighted by molar-refractivity contribution is 5.81. The zero-order chi connectivity index (χ0) is 16.8. The third-order valence-electron chi connectivity index (χ3n) is 3.49. The summed E-state index contributed by atoms with van der Waals surface area (Å²) in [4.78, 5) is 11.9. The maximum Gasteiger partial charge on any atom is 0.253 e. The molecule has 0 aliphatic rings. The van der Waals surface area contributed by atoms with Crippen molar-refractivity contribution in [1.82, 2.24) is 15.5 Å². The molecular formula is C18H17N3O3. The van der Waals surface area contributed by atoms with Gasteiger partial charge in [-0.25, -0.2) is 0 Å². The van der Waals surface area contributed by atoms with Gasteiger partial charge in [-0.05, 0) is 17.7 Å². The molecule has 122 valence electrons. The number of aliphatic hydroxyl groups excluding tert-OH is 1. The summed E-state index contributed by atoms with van der Waals surface area (Å²) in [6, 6.07) is 18.2. The predicted octanol–water partition coefficient (Wildman–Crippen LogP) is 2.13. The molecular weight excluding hydrogens is 306 g/mol. The van der Waals surface area contributed by atoms with Gasteiger partial charge in [0, 0.05) is 18.5 Å². The molecule has 3 aromatic rings. The van der Waals surface area contributed by atoms with Crippen LogP contribution in [0.5, 0.6) is 0 Å². The number of nitrogens with one attached hydrogen (secondary N) is 1. The van der Waals surface area contributed by atoms with Crippen LogP contribution in [0.4, 0.5) is 0 Å². The highest BCUT2D eigenvalue weighted by atomic mass is 16.4. The van der Waals surface area contributed by atoms with Gasteiger partial charge in [0.1, 0.15) is 0 Å². The van der Waals surface area contributed by atoms with Crippen molar-refractivity contribution in [3.63, 3.8) is 0 Å². The fraction of sp³-hybridized carbons (Fsp3) is 0.167. The fourth-order valence-electron chi connectivity index (χ4n) is 2.23. The maximum atomic E-state index is 11.9. The molecule has 0 saturated carbocycles. The molecule has 0 bridgehead atoms. The second-order valence-electron chi connectivity index (χ2n) is 5.22. The highest BCUT2D eigenvalue weighted by Gasteiger charge is 2.16. The fourth-order valence-corrected chi connectivity index (χ4v) is 2.23. The van der Waals surface area contributed by atoms with Gasteiger partial charge in [0.05, 0.1) is 0 Å². The van der Waals surface area contributed by atoms with E-state index in [1.165, 1.54) is 0 Å². The number of nitrogens with zero attached hydrogens (tertiary/aromatic N) is 2. The first-order chi connectivity index (χ1) is 11.7. The van der Waals surface area contributed by atoms with E-state index in [1.54, 1.807) is 24.3 Å². The lowest BCUT2D eigenvalue weighted by Crippen LogP contribution is -2.31. The van der Waals surface area contributed by atoms with E-state index >= 15 is 0 Å². The molecule has 24 heavy (non-hydrogen) atoms. The van der Waals surface area contributed by atoms with E-state index in [9.17, 15) is 9.90 Å². The Balaban J connectivity index is 1.52. The SMILES string of the molecule is O=C(NCCc1nnc(-c2ccccc2)o1)[C@H](O)c1ccccc1. The molecule has 1 aromatic heterocycles. The van der Waals surface area contributed by atoms with Crippen molar-refractivity contribution in [2.75, 3.05) is 6.54 Å². The first-order valence-corrected chi connectivity index (χ1v) is 7.62. The summed E-state index contributed by atoms with van der Waals surface area (Å²) in [5.74, 6) is 0.425. The van der Waals surface area contributed by atoms with Gasteiger partial charge in [0.25, 0.3) is 5.91 Å². The number of carbonyl (C=O) groups excluding carboxylic acids is 1. The van der Waals surface area contributed by atoms with Crippen LogP contribution in [0, 0.1) is 0 Å². The maximum absolute atomic E-state index is 11.9. The lowest BCUT2D eigenvalue weighted by Gasteiger charge is -2.10. The van der Waals surface area contributed by atoms with Gasteiger partial charge < -0.3 is 14.8 Å². The summed E-state index contributed by atoms with van der Waals surface area (Å²) in [6.07, 6.45) is -0.790. The predicted molar refractivity (Wildman–Crippen MR) is 87.8 cm³/mol. The summed E-state index contributed by atoms with van der Waals surface area (Å²) in [7, 11) is 0. The van der Waals surface area contributed by atoms with Gasteiger partial charge in [-0.1, -0.05) is 48.5 Å². The Bertz CT molecular complexity index is 788. The molecule has 0 radical (unpaired) electrons. The van der Waals surface area contributed by atoms with Crippen LogP contribution in [0.3, 0.4) is 0 Å². The summed E-state index contributed by atoms with van der Waals surface area (Å²) in [5.41, 5.74) is 1.40. The standard InChI is InChI=1S/C18H17N3O3/c22-16(13-7-3-1-4-8-13)17(23)19-12-11-15-20-21-18(24-15)14-9-5-2-6-10-14/h1-10,16,22H,11-12H2,(H,19,23)/t16-/m1/s1. The van der Waals surface area contributed by atoms with E-state index in [0.717, 1.165) is 5.56 Å². The monoisotopic (exact) mass is 323 g/mol. The molecule has 0 saturated heterocycles. The lowest BCUT2D eigenvalue weighted by atomic mass is 10.1. The average molecular weight is 323 g/mol. The molecule has 0 aliphatic heterocycles. The van der Waals surface area contributed by atoms with Crippen LogP contribution in [0.25, 0.3) is 11.5 Å². The first kappa shape index (κ1) is 15.9. The molecule has 0 spiro atoms. The van der Waals surface area contributed by atoms with Crippen LogP contribution < -0.4 is 5.32 Å². The number of amides is 1. The second-order valence-corrected chi connectivity index (χ2v) is 5.22. The molecule has 6 heteroatoms. The van der Waals surface area contributed by atoms with Crippen LogP contribution >= 0.6 is 0 Å². The normalized spacial score (nSPS) is 11.9. The first-order valence-electron chi connectivity index (χ1n) is 7.62. The number of carbonyl (C=O) groups is 1. The van der Waals surface area contributed by atoms with Gasteiger partial charge >= 0.3 is 0 Å². The lowest BCUT2D eigenvalue weighted by molar-refractivity contribution is -0.129. The van der Waals surface area contributed by atoms with E-state index in [-0.39, 0.29) is 0 Å². The van der Waals surface area contributed by atoms with E-state index in [1.807, 2.05) is 36.4 Å². The summed E-state index contributed by atoms with van der Waals surface area (Å²) < 4.78 is 5.56. The molecule has 1 atom stereocenters. The van der Waals surface area contributed by atoms with Crippen molar-refractivity contribution >= 4 is 5.91 Å². The Kier molecular flexibility index (Phi) is 4.98. The third-order valence-corrected chi connectivity index (χ3v) is 3.49. The molecule has 3 rings (SSSR count). The Hall–Kier alpha value is -2.99.